The Hall–Kier alpha value is -1.35. The molecule has 1 aliphatic carbocycles. The number of carbonyl (C=O) groups is 1. The fourth-order valence-electron chi connectivity index (χ4n) is 2.98. The minimum absolute atomic E-state index is 0. The zero-order valence-corrected chi connectivity index (χ0v) is 18.0. The smallest absolute Gasteiger partial charge is 0.227 e. The summed E-state index contributed by atoms with van der Waals surface area (Å²) in [5.41, 5.74) is 1.95. The Morgan fingerprint density at radius 2 is 2.04 bits per heavy atom. The summed E-state index contributed by atoms with van der Waals surface area (Å²) >= 11 is 0. The molecule has 1 aromatic carbocycles. The van der Waals surface area contributed by atoms with E-state index in [9.17, 15) is 4.79 Å². The number of carbonyl (C=O) groups excluding carboxylic acids is 1. The fraction of sp³-hybridized carbons (Fsp3) is 0.579. The second-order valence-corrected chi connectivity index (χ2v) is 6.22. The molecular formula is C19H31IN4O2. The van der Waals surface area contributed by atoms with Gasteiger partial charge in [0.2, 0.25) is 5.91 Å². The average molecular weight is 474 g/mol. The van der Waals surface area contributed by atoms with Crippen LogP contribution in [0.5, 0.6) is 0 Å². The molecule has 1 aliphatic rings. The molecule has 26 heavy (non-hydrogen) atoms. The summed E-state index contributed by atoms with van der Waals surface area (Å²) in [6, 6.07) is 7.94. The van der Waals surface area contributed by atoms with Crippen molar-refractivity contribution in [3.63, 3.8) is 0 Å². The van der Waals surface area contributed by atoms with E-state index in [1.54, 1.807) is 7.05 Å². The van der Waals surface area contributed by atoms with Crippen LogP contribution in [0.25, 0.3) is 0 Å². The van der Waals surface area contributed by atoms with Gasteiger partial charge in [0.25, 0.3) is 0 Å². The monoisotopic (exact) mass is 474 g/mol. The van der Waals surface area contributed by atoms with E-state index in [0.717, 1.165) is 42.9 Å². The largest absolute Gasteiger partial charge is 0.380 e. The minimum atomic E-state index is 0. The predicted octanol–water partition coefficient (Wildman–Crippen LogP) is 3.13. The van der Waals surface area contributed by atoms with Gasteiger partial charge in [0.1, 0.15) is 0 Å². The lowest BCUT2D eigenvalue weighted by atomic mass is 10.1. The number of guanidine groups is 1. The van der Waals surface area contributed by atoms with Crippen molar-refractivity contribution >= 4 is 41.5 Å². The number of rotatable bonds is 8. The number of hydrogen-bond acceptors (Lipinski definition) is 3. The lowest BCUT2D eigenvalue weighted by Gasteiger charge is -2.13. The van der Waals surface area contributed by atoms with Crippen molar-refractivity contribution in [1.82, 2.24) is 10.6 Å². The molecule has 6 nitrogen and oxygen atoms in total. The second kappa shape index (κ2) is 12.9. The average Bonchev–Trinajstić information content (AvgIpc) is 3.16. The topological polar surface area (TPSA) is 74.8 Å². The summed E-state index contributed by atoms with van der Waals surface area (Å²) in [5.74, 6) is 1.06. The van der Waals surface area contributed by atoms with Crippen LogP contribution in [0.3, 0.4) is 0 Å². The number of halogens is 1. The van der Waals surface area contributed by atoms with Crippen LogP contribution < -0.4 is 16.0 Å². The molecule has 0 unspecified atom stereocenters. The molecule has 0 aromatic heterocycles. The van der Waals surface area contributed by atoms with Crippen molar-refractivity contribution in [3.8, 4) is 0 Å². The number of anilines is 1. The van der Waals surface area contributed by atoms with Crippen LogP contribution in [0.1, 0.15) is 38.2 Å². The summed E-state index contributed by atoms with van der Waals surface area (Å²) in [7, 11) is 1.74. The molecule has 0 heterocycles. The molecule has 1 amide bonds. The van der Waals surface area contributed by atoms with E-state index in [1.807, 2.05) is 31.2 Å². The highest BCUT2D eigenvalue weighted by atomic mass is 127. The molecule has 0 spiro atoms. The van der Waals surface area contributed by atoms with E-state index in [0.29, 0.717) is 26.3 Å². The highest BCUT2D eigenvalue weighted by molar-refractivity contribution is 14.0. The molecule has 0 bridgehead atoms. The normalized spacial score (nSPS) is 14.6. The molecule has 1 fully saturated rings. The van der Waals surface area contributed by atoms with Gasteiger partial charge in [0, 0.05) is 38.3 Å². The third-order valence-corrected chi connectivity index (χ3v) is 4.35. The Labute approximate surface area is 173 Å². The Morgan fingerprint density at radius 1 is 1.27 bits per heavy atom. The van der Waals surface area contributed by atoms with Crippen LogP contribution in [0.4, 0.5) is 5.69 Å². The van der Waals surface area contributed by atoms with Crippen LogP contribution in [0, 0.1) is 5.92 Å². The zero-order chi connectivity index (χ0) is 17.9. The SMILES string of the molecule is CCOCCNC(=NC)NCc1cccc(NC(=O)C2CCCC2)c1.I. The summed E-state index contributed by atoms with van der Waals surface area (Å²) in [5, 5.41) is 9.52. The van der Waals surface area contributed by atoms with Crippen molar-refractivity contribution in [3.05, 3.63) is 29.8 Å². The van der Waals surface area contributed by atoms with Crippen molar-refractivity contribution < 1.29 is 9.53 Å². The lowest BCUT2D eigenvalue weighted by Crippen LogP contribution is -2.38. The van der Waals surface area contributed by atoms with Gasteiger partial charge in [-0.25, -0.2) is 0 Å². The first-order chi connectivity index (χ1) is 12.2. The quantitative estimate of drug-likeness (QED) is 0.234. The van der Waals surface area contributed by atoms with Crippen molar-refractivity contribution in [2.75, 3.05) is 32.1 Å². The van der Waals surface area contributed by atoms with E-state index >= 15 is 0 Å². The number of hydrogen-bond donors (Lipinski definition) is 3. The minimum Gasteiger partial charge on any atom is -0.380 e. The van der Waals surface area contributed by atoms with E-state index in [4.69, 9.17) is 4.74 Å². The van der Waals surface area contributed by atoms with Gasteiger partial charge in [0.05, 0.1) is 6.61 Å². The van der Waals surface area contributed by atoms with E-state index in [2.05, 4.69) is 20.9 Å². The van der Waals surface area contributed by atoms with Crippen LogP contribution in [-0.2, 0) is 16.1 Å². The molecule has 0 aliphatic heterocycles. The van der Waals surface area contributed by atoms with Gasteiger partial charge >= 0.3 is 0 Å². The fourth-order valence-corrected chi connectivity index (χ4v) is 2.98. The number of nitrogens with one attached hydrogen (secondary N) is 3. The maximum absolute atomic E-state index is 12.2. The van der Waals surface area contributed by atoms with Gasteiger partial charge in [-0.1, -0.05) is 25.0 Å². The molecule has 3 N–H and O–H groups in total. The first-order valence-corrected chi connectivity index (χ1v) is 9.15. The maximum atomic E-state index is 12.2. The molecule has 1 aromatic rings. The summed E-state index contributed by atoms with van der Waals surface area (Å²) in [6.07, 6.45) is 4.35. The lowest BCUT2D eigenvalue weighted by molar-refractivity contribution is -0.119. The van der Waals surface area contributed by atoms with Gasteiger partial charge in [-0.05, 0) is 37.5 Å². The Kier molecular flexibility index (Phi) is 11.3. The Morgan fingerprint density at radius 3 is 2.73 bits per heavy atom. The van der Waals surface area contributed by atoms with E-state index < -0.39 is 0 Å². The third kappa shape index (κ3) is 7.90. The Bertz CT molecular complexity index is 574. The molecule has 7 heteroatoms. The summed E-state index contributed by atoms with van der Waals surface area (Å²) < 4.78 is 5.30. The van der Waals surface area contributed by atoms with E-state index in [-0.39, 0.29) is 35.8 Å². The molecule has 0 saturated heterocycles. The van der Waals surface area contributed by atoms with Crippen LogP contribution in [0.15, 0.2) is 29.3 Å². The highest BCUT2D eigenvalue weighted by Crippen LogP contribution is 2.26. The molecule has 146 valence electrons. The highest BCUT2D eigenvalue weighted by Gasteiger charge is 2.22. The van der Waals surface area contributed by atoms with Gasteiger partial charge in [0.15, 0.2) is 5.96 Å². The predicted molar refractivity (Wildman–Crippen MR) is 117 cm³/mol. The summed E-state index contributed by atoms with van der Waals surface area (Å²) in [6.45, 7) is 4.70. The van der Waals surface area contributed by atoms with Crippen molar-refractivity contribution in [2.45, 2.75) is 39.2 Å². The first-order valence-electron chi connectivity index (χ1n) is 9.15. The standard InChI is InChI=1S/C19H30N4O2.HI/c1-3-25-12-11-21-19(20-2)22-14-15-7-6-10-17(13-15)23-18(24)16-8-4-5-9-16;/h6-7,10,13,16H,3-5,8-9,11-12,14H2,1-2H3,(H,23,24)(H2,20,21,22);1H. The maximum Gasteiger partial charge on any atom is 0.227 e. The molecule has 1 saturated carbocycles. The summed E-state index contributed by atoms with van der Waals surface area (Å²) in [4.78, 5) is 16.4. The number of amides is 1. The Balaban J connectivity index is 0.00000338. The van der Waals surface area contributed by atoms with Gasteiger partial charge < -0.3 is 20.7 Å². The van der Waals surface area contributed by atoms with Crippen LogP contribution in [-0.4, -0.2) is 38.7 Å². The van der Waals surface area contributed by atoms with Crippen LogP contribution in [0.2, 0.25) is 0 Å². The number of aliphatic imine (C=N–C) groups is 1. The molecule has 0 radical (unpaired) electrons. The van der Waals surface area contributed by atoms with Gasteiger partial charge in [-0.15, -0.1) is 24.0 Å². The zero-order valence-electron chi connectivity index (χ0n) is 15.7. The van der Waals surface area contributed by atoms with Crippen LogP contribution >= 0.6 is 24.0 Å². The molecule has 0 atom stereocenters. The number of benzene rings is 1. The third-order valence-electron chi connectivity index (χ3n) is 4.35. The number of nitrogens with zero attached hydrogens (tertiary/aromatic N) is 1. The van der Waals surface area contributed by atoms with Gasteiger partial charge in [-0.3, -0.25) is 9.79 Å². The first kappa shape index (κ1) is 22.7. The van der Waals surface area contributed by atoms with E-state index in [1.165, 1.54) is 0 Å². The van der Waals surface area contributed by atoms with Crippen molar-refractivity contribution in [1.29, 1.82) is 0 Å². The molecule has 2 rings (SSSR count). The van der Waals surface area contributed by atoms with Crippen molar-refractivity contribution in [2.24, 2.45) is 10.9 Å². The second-order valence-electron chi connectivity index (χ2n) is 6.22. The molecular weight excluding hydrogens is 443 g/mol. The van der Waals surface area contributed by atoms with Gasteiger partial charge in [-0.2, -0.15) is 0 Å². The number of ether oxygens (including phenoxy) is 1.